The fraction of sp³-hybridized carbons (Fsp3) is 0.333. The Bertz CT molecular complexity index is 1110. The first-order chi connectivity index (χ1) is 14.5. The molecule has 1 amide bonds. The van der Waals surface area contributed by atoms with Crippen molar-refractivity contribution in [2.45, 2.75) is 60.0 Å². The highest BCUT2D eigenvalue weighted by atomic mass is 16.1. The van der Waals surface area contributed by atoms with Gasteiger partial charge in [-0.05, 0) is 101 Å². The van der Waals surface area contributed by atoms with E-state index in [-0.39, 0.29) is 11.1 Å². The molecule has 0 aliphatic carbocycles. The predicted octanol–water partition coefficient (Wildman–Crippen LogP) is 6.26. The van der Waals surface area contributed by atoms with E-state index < -0.39 is 5.91 Å². The number of allylic oxidation sites excluding steroid dienone is 1. The second-order valence-corrected chi connectivity index (χ2v) is 9.22. The standard InChI is InChI=1S/C27H31N3O/c1-17(2)30-25-9-8-21(14-24(25)20(5)15-27(30,6)7)13-22(16-28)26(31)29-23-11-18(3)10-19(4)12-23/h8-15,17H,1-7H3,(H,29,31)/b22-13-. The Kier molecular flexibility index (Phi) is 6.08. The first-order valence-electron chi connectivity index (χ1n) is 10.7. The van der Waals surface area contributed by atoms with Crippen LogP contribution in [-0.2, 0) is 4.79 Å². The normalized spacial score (nSPS) is 15.3. The largest absolute Gasteiger partial charge is 0.360 e. The van der Waals surface area contributed by atoms with Crippen LogP contribution in [0.4, 0.5) is 11.4 Å². The van der Waals surface area contributed by atoms with E-state index in [1.807, 2.05) is 38.1 Å². The molecule has 0 bridgehead atoms. The number of benzene rings is 2. The molecule has 160 valence electrons. The summed E-state index contributed by atoms with van der Waals surface area (Å²) in [4.78, 5) is 15.1. The van der Waals surface area contributed by atoms with Crippen LogP contribution < -0.4 is 10.2 Å². The number of amides is 1. The van der Waals surface area contributed by atoms with Gasteiger partial charge in [-0.15, -0.1) is 0 Å². The van der Waals surface area contributed by atoms with Gasteiger partial charge in [-0.1, -0.05) is 18.2 Å². The van der Waals surface area contributed by atoms with Crippen molar-refractivity contribution in [1.82, 2.24) is 0 Å². The first kappa shape index (κ1) is 22.4. The Morgan fingerprint density at radius 2 is 1.74 bits per heavy atom. The molecule has 4 nitrogen and oxygen atoms in total. The highest BCUT2D eigenvalue weighted by molar-refractivity contribution is 6.09. The Hall–Kier alpha value is -3.32. The minimum Gasteiger partial charge on any atom is -0.360 e. The molecule has 2 aromatic rings. The topological polar surface area (TPSA) is 56.1 Å². The predicted molar refractivity (Wildman–Crippen MR) is 130 cm³/mol. The van der Waals surface area contributed by atoms with Gasteiger partial charge in [0.15, 0.2) is 0 Å². The SMILES string of the molecule is CC1=CC(C)(C)N(C(C)C)c2ccc(/C=C(/C#N)C(=O)Nc3cc(C)cc(C)c3)cc21. The van der Waals surface area contributed by atoms with E-state index in [1.54, 1.807) is 6.08 Å². The van der Waals surface area contributed by atoms with Crippen LogP contribution in [-0.4, -0.2) is 17.5 Å². The molecule has 4 heteroatoms. The van der Waals surface area contributed by atoms with E-state index in [4.69, 9.17) is 0 Å². The van der Waals surface area contributed by atoms with Crippen molar-refractivity contribution in [3.8, 4) is 6.07 Å². The molecule has 0 unspecified atom stereocenters. The van der Waals surface area contributed by atoms with Crippen molar-refractivity contribution < 1.29 is 4.79 Å². The van der Waals surface area contributed by atoms with Crippen LogP contribution in [0.5, 0.6) is 0 Å². The van der Waals surface area contributed by atoms with Crippen molar-refractivity contribution in [2.75, 3.05) is 10.2 Å². The van der Waals surface area contributed by atoms with Gasteiger partial charge < -0.3 is 10.2 Å². The molecule has 0 aromatic heterocycles. The molecule has 0 radical (unpaired) electrons. The van der Waals surface area contributed by atoms with Crippen LogP contribution in [0.3, 0.4) is 0 Å². The summed E-state index contributed by atoms with van der Waals surface area (Å²) in [5, 5.41) is 12.5. The molecule has 0 saturated heterocycles. The molecule has 31 heavy (non-hydrogen) atoms. The molecular weight excluding hydrogens is 382 g/mol. The number of carbonyl (C=O) groups excluding carboxylic acids is 1. The zero-order chi connectivity index (χ0) is 22.9. The molecule has 1 aliphatic heterocycles. The number of fused-ring (bicyclic) bond motifs is 1. The number of anilines is 2. The first-order valence-corrected chi connectivity index (χ1v) is 10.7. The Balaban J connectivity index is 1.95. The van der Waals surface area contributed by atoms with E-state index in [2.05, 4.69) is 69.1 Å². The van der Waals surface area contributed by atoms with Crippen LogP contribution in [0.1, 0.15) is 56.9 Å². The van der Waals surface area contributed by atoms with Crippen LogP contribution in [0.15, 0.2) is 48.0 Å². The third kappa shape index (κ3) is 4.72. The summed E-state index contributed by atoms with van der Waals surface area (Å²) in [6.45, 7) is 14.9. The summed E-state index contributed by atoms with van der Waals surface area (Å²) in [7, 11) is 0. The number of nitriles is 1. The van der Waals surface area contributed by atoms with E-state index in [0.29, 0.717) is 11.7 Å². The summed E-state index contributed by atoms with van der Waals surface area (Å²) in [6, 6.07) is 14.4. The average molecular weight is 414 g/mol. The summed E-state index contributed by atoms with van der Waals surface area (Å²) < 4.78 is 0. The molecule has 0 fully saturated rings. The average Bonchev–Trinajstić information content (AvgIpc) is 2.64. The lowest BCUT2D eigenvalue weighted by molar-refractivity contribution is -0.112. The van der Waals surface area contributed by atoms with Gasteiger partial charge in [0, 0.05) is 23.0 Å². The van der Waals surface area contributed by atoms with Crippen molar-refractivity contribution >= 4 is 28.9 Å². The molecule has 0 atom stereocenters. The minimum atomic E-state index is -0.401. The van der Waals surface area contributed by atoms with Gasteiger partial charge in [-0.25, -0.2) is 0 Å². The Labute approximate surface area is 185 Å². The second-order valence-electron chi connectivity index (χ2n) is 9.22. The Morgan fingerprint density at radius 3 is 2.32 bits per heavy atom. The van der Waals surface area contributed by atoms with Crippen molar-refractivity contribution in [2.24, 2.45) is 0 Å². The monoisotopic (exact) mass is 413 g/mol. The van der Waals surface area contributed by atoms with Gasteiger partial charge in [0.25, 0.3) is 5.91 Å². The third-order valence-electron chi connectivity index (χ3n) is 5.57. The zero-order valence-electron chi connectivity index (χ0n) is 19.5. The molecule has 2 aromatic carbocycles. The summed E-state index contributed by atoms with van der Waals surface area (Å²) >= 11 is 0. The summed E-state index contributed by atoms with van der Waals surface area (Å²) in [5.41, 5.74) is 7.17. The van der Waals surface area contributed by atoms with Gasteiger partial charge >= 0.3 is 0 Å². The lowest BCUT2D eigenvalue weighted by atomic mass is 9.87. The van der Waals surface area contributed by atoms with Gasteiger partial charge in [0.1, 0.15) is 11.6 Å². The molecule has 1 aliphatic rings. The minimum absolute atomic E-state index is 0.0771. The van der Waals surface area contributed by atoms with Crippen molar-refractivity contribution in [3.05, 3.63) is 70.3 Å². The van der Waals surface area contributed by atoms with E-state index in [9.17, 15) is 10.1 Å². The second kappa shape index (κ2) is 8.43. The van der Waals surface area contributed by atoms with Crippen LogP contribution in [0, 0.1) is 25.2 Å². The van der Waals surface area contributed by atoms with Gasteiger partial charge in [-0.2, -0.15) is 5.26 Å². The third-order valence-corrected chi connectivity index (χ3v) is 5.57. The van der Waals surface area contributed by atoms with Crippen molar-refractivity contribution in [1.29, 1.82) is 5.26 Å². The smallest absolute Gasteiger partial charge is 0.266 e. The number of carbonyl (C=O) groups is 1. The van der Waals surface area contributed by atoms with Crippen LogP contribution in [0.2, 0.25) is 0 Å². The fourth-order valence-corrected chi connectivity index (χ4v) is 4.66. The van der Waals surface area contributed by atoms with Crippen LogP contribution >= 0.6 is 0 Å². The summed E-state index contributed by atoms with van der Waals surface area (Å²) in [5.74, 6) is -0.401. The lowest BCUT2D eigenvalue weighted by Crippen LogP contribution is -2.49. The maximum atomic E-state index is 12.7. The van der Waals surface area contributed by atoms with Gasteiger partial charge in [0.05, 0.1) is 5.54 Å². The zero-order valence-corrected chi connectivity index (χ0v) is 19.5. The highest BCUT2D eigenvalue weighted by Crippen LogP contribution is 2.40. The van der Waals surface area contributed by atoms with E-state index in [0.717, 1.165) is 22.3 Å². The fourth-order valence-electron chi connectivity index (χ4n) is 4.66. The van der Waals surface area contributed by atoms with Crippen molar-refractivity contribution in [3.63, 3.8) is 0 Å². The maximum absolute atomic E-state index is 12.7. The molecule has 0 saturated carbocycles. The molecule has 1 N–H and O–H groups in total. The molecule has 0 spiro atoms. The quantitative estimate of drug-likeness (QED) is 0.475. The molecule has 1 heterocycles. The number of nitrogens with zero attached hydrogens (tertiary/aromatic N) is 2. The van der Waals surface area contributed by atoms with E-state index >= 15 is 0 Å². The van der Waals surface area contributed by atoms with Crippen LogP contribution in [0.25, 0.3) is 11.6 Å². The number of hydrogen-bond acceptors (Lipinski definition) is 3. The summed E-state index contributed by atoms with van der Waals surface area (Å²) in [6.07, 6.45) is 3.94. The Morgan fingerprint density at radius 1 is 1.10 bits per heavy atom. The number of nitrogens with one attached hydrogen (secondary N) is 1. The molecular formula is C27H31N3O. The number of aryl methyl sites for hydroxylation is 2. The molecule has 3 rings (SSSR count). The van der Waals surface area contributed by atoms with Gasteiger partial charge in [-0.3, -0.25) is 4.79 Å². The van der Waals surface area contributed by atoms with E-state index in [1.165, 1.54) is 11.3 Å². The lowest BCUT2D eigenvalue weighted by Gasteiger charge is -2.46. The number of rotatable bonds is 4. The maximum Gasteiger partial charge on any atom is 0.266 e. The number of hydrogen-bond donors (Lipinski definition) is 1. The highest BCUT2D eigenvalue weighted by Gasteiger charge is 2.32. The van der Waals surface area contributed by atoms with Gasteiger partial charge in [0.2, 0.25) is 0 Å².